The van der Waals surface area contributed by atoms with Crippen LogP contribution in [0.3, 0.4) is 0 Å². The molecule has 0 bridgehead atoms. The van der Waals surface area contributed by atoms with Crippen molar-refractivity contribution in [1.29, 1.82) is 0 Å². The number of piperidine rings is 1. The molecule has 1 heterocycles. The van der Waals surface area contributed by atoms with Gasteiger partial charge in [-0.2, -0.15) is 8.78 Å². The summed E-state index contributed by atoms with van der Waals surface area (Å²) in [6.45, 7) is 2.37. The van der Waals surface area contributed by atoms with Gasteiger partial charge in [0.2, 0.25) is 0 Å². The Bertz CT molecular complexity index is 436. The van der Waals surface area contributed by atoms with Gasteiger partial charge in [-0.05, 0) is 51.9 Å². The fourth-order valence-corrected chi connectivity index (χ4v) is 2.90. The lowest BCUT2D eigenvalue weighted by atomic mass is 9.96. The maximum Gasteiger partial charge on any atom is 0.387 e. The highest BCUT2D eigenvalue weighted by Gasteiger charge is 2.21. The number of halogens is 2. The second kappa shape index (κ2) is 7.71. The molecule has 1 N–H and O–H groups in total. The van der Waals surface area contributed by atoms with E-state index in [0.717, 1.165) is 25.2 Å². The first-order chi connectivity index (χ1) is 10.1. The van der Waals surface area contributed by atoms with Gasteiger partial charge in [0.15, 0.2) is 0 Å². The van der Waals surface area contributed by atoms with Gasteiger partial charge in [-0.25, -0.2) is 0 Å². The zero-order valence-corrected chi connectivity index (χ0v) is 12.7. The highest BCUT2D eigenvalue weighted by atomic mass is 19.3. The molecule has 0 radical (unpaired) electrons. The summed E-state index contributed by atoms with van der Waals surface area (Å²) < 4.78 is 29.6. The van der Waals surface area contributed by atoms with Gasteiger partial charge in [0.05, 0.1) is 0 Å². The van der Waals surface area contributed by atoms with E-state index in [2.05, 4.69) is 15.0 Å². The predicted octanol–water partition coefficient (Wildman–Crippen LogP) is 3.28. The molecule has 1 aromatic rings. The Hall–Kier alpha value is -1.20. The lowest BCUT2D eigenvalue weighted by Crippen LogP contribution is -2.35. The monoisotopic (exact) mass is 298 g/mol. The van der Waals surface area contributed by atoms with Gasteiger partial charge in [0.25, 0.3) is 0 Å². The maximum atomic E-state index is 12.5. The molecule has 1 aliphatic rings. The van der Waals surface area contributed by atoms with Crippen molar-refractivity contribution >= 4 is 0 Å². The van der Waals surface area contributed by atoms with Gasteiger partial charge in [-0.3, -0.25) is 4.90 Å². The summed E-state index contributed by atoms with van der Waals surface area (Å²) in [5, 5.41) is 3.36. The van der Waals surface area contributed by atoms with Crippen molar-refractivity contribution < 1.29 is 13.5 Å². The van der Waals surface area contributed by atoms with Gasteiger partial charge in [-0.15, -0.1) is 0 Å². The number of hydrogen-bond acceptors (Lipinski definition) is 3. The molecule has 118 valence electrons. The molecule has 1 aliphatic heterocycles. The molecule has 21 heavy (non-hydrogen) atoms. The first-order valence-corrected chi connectivity index (χ1v) is 7.52. The zero-order chi connectivity index (χ0) is 15.2. The molecular weight excluding hydrogens is 274 g/mol. The van der Waals surface area contributed by atoms with Crippen molar-refractivity contribution in [2.75, 3.05) is 26.7 Å². The van der Waals surface area contributed by atoms with Crippen LogP contribution >= 0.6 is 0 Å². The minimum atomic E-state index is -2.78. The van der Waals surface area contributed by atoms with Crippen LogP contribution in [0.1, 0.15) is 31.4 Å². The fraction of sp³-hybridized carbons (Fsp3) is 0.625. The fourth-order valence-electron chi connectivity index (χ4n) is 2.90. The largest absolute Gasteiger partial charge is 0.434 e. The summed E-state index contributed by atoms with van der Waals surface area (Å²) in [5.41, 5.74) is 0.814. The van der Waals surface area contributed by atoms with E-state index >= 15 is 0 Å². The number of para-hydroxylation sites is 1. The third-order valence-corrected chi connectivity index (χ3v) is 4.25. The average Bonchev–Trinajstić information content (AvgIpc) is 2.47. The van der Waals surface area contributed by atoms with Crippen LogP contribution in [0.5, 0.6) is 5.75 Å². The van der Waals surface area contributed by atoms with Gasteiger partial charge in [0, 0.05) is 18.2 Å². The van der Waals surface area contributed by atoms with E-state index in [0.29, 0.717) is 5.92 Å². The molecule has 1 atom stereocenters. The van der Waals surface area contributed by atoms with Gasteiger partial charge in [0.1, 0.15) is 5.75 Å². The second-order valence-corrected chi connectivity index (χ2v) is 5.73. The van der Waals surface area contributed by atoms with Crippen LogP contribution < -0.4 is 10.1 Å². The quantitative estimate of drug-likeness (QED) is 0.872. The lowest BCUT2D eigenvalue weighted by Gasteiger charge is -2.32. The average molecular weight is 298 g/mol. The van der Waals surface area contributed by atoms with E-state index in [1.54, 1.807) is 12.1 Å². The first-order valence-electron chi connectivity index (χ1n) is 7.52. The summed E-state index contributed by atoms with van der Waals surface area (Å²) >= 11 is 0. The standard InChI is InChI=1S/C16H24F2N2O/c1-12(20(2)11-13-7-9-19-10-8-13)14-5-3-4-6-15(14)21-16(17)18/h3-6,12-13,16,19H,7-11H2,1-2H3. The van der Waals surface area contributed by atoms with Crippen LogP contribution in [-0.2, 0) is 0 Å². The van der Waals surface area contributed by atoms with Crippen LogP contribution in [-0.4, -0.2) is 38.2 Å². The zero-order valence-electron chi connectivity index (χ0n) is 12.7. The van der Waals surface area contributed by atoms with Gasteiger partial charge < -0.3 is 10.1 Å². The number of ether oxygens (including phenoxy) is 1. The van der Waals surface area contributed by atoms with Crippen LogP contribution in [0.15, 0.2) is 24.3 Å². The molecule has 2 rings (SSSR count). The van der Waals surface area contributed by atoms with Crippen molar-refractivity contribution in [3.8, 4) is 5.75 Å². The lowest BCUT2D eigenvalue weighted by molar-refractivity contribution is -0.0510. The molecule has 0 spiro atoms. The first kappa shape index (κ1) is 16.2. The van der Waals surface area contributed by atoms with Crippen LogP contribution in [0.2, 0.25) is 0 Å². The Morgan fingerprint density at radius 1 is 1.29 bits per heavy atom. The molecule has 1 saturated heterocycles. The van der Waals surface area contributed by atoms with Crippen molar-refractivity contribution in [3.63, 3.8) is 0 Å². The summed E-state index contributed by atoms with van der Waals surface area (Å²) in [7, 11) is 2.05. The number of benzene rings is 1. The van der Waals surface area contributed by atoms with E-state index in [9.17, 15) is 8.78 Å². The minimum Gasteiger partial charge on any atom is -0.434 e. The molecule has 0 aliphatic carbocycles. The maximum absolute atomic E-state index is 12.5. The number of nitrogens with one attached hydrogen (secondary N) is 1. The molecule has 0 saturated carbocycles. The van der Waals surface area contributed by atoms with Gasteiger partial charge >= 0.3 is 6.61 Å². The van der Waals surface area contributed by atoms with Gasteiger partial charge in [-0.1, -0.05) is 18.2 Å². The Kier molecular flexibility index (Phi) is 5.94. The summed E-state index contributed by atoms with van der Waals surface area (Å²) in [6.07, 6.45) is 2.35. The van der Waals surface area contributed by atoms with Crippen LogP contribution in [0.4, 0.5) is 8.78 Å². The Labute approximate surface area is 125 Å². The SMILES string of the molecule is CC(c1ccccc1OC(F)F)N(C)CC1CCNCC1. The molecule has 0 aromatic heterocycles. The molecule has 3 nitrogen and oxygen atoms in total. The highest BCUT2D eigenvalue weighted by molar-refractivity contribution is 5.35. The Morgan fingerprint density at radius 3 is 2.62 bits per heavy atom. The van der Waals surface area contributed by atoms with Crippen LogP contribution in [0, 0.1) is 5.92 Å². The Morgan fingerprint density at radius 2 is 1.95 bits per heavy atom. The third kappa shape index (κ3) is 4.64. The van der Waals surface area contributed by atoms with E-state index < -0.39 is 6.61 Å². The second-order valence-electron chi connectivity index (χ2n) is 5.73. The van der Waals surface area contributed by atoms with E-state index in [4.69, 9.17) is 0 Å². The van der Waals surface area contributed by atoms with E-state index in [-0.39, 0.29) is 11.8 Å². The minimum absolute atomic E-state index is 0.0508. The van der Waals surface area contributed by atoms with E-state index in [1.807, 2.05) is 26.1 Å². The van der Waals surface area contributed by atoms with Crippen molar-refractivity contribution in [2.24, 2.45) is 5.92 Å². The number of rotatable bonds is 6. The van der Waals surface area contributed by atoms with Crippen LogP contribution in [0.25, 0.3) is 0 Å². The highest BCUT2D eigenvalue weighted by Crippen LogP contribution is 2.30. The smallest absolute Gasteiger partial charge is 0.387 e. The summed E-state index contributed by atoms with van der Waals surface area (Å²) in [4.78, 5) is 2.23. The number of alkyl halides is 2. The summed E-state index contributed by atoms with van der Waals surface area (Å²) in [6, 6.07) is 7.11. The third-order valence-electron chi connectivity index (χ3n) is 4.25. The van der Waals surface area contributed by atoms with Crippen molar-refractivity contribution in [3.05, 3.63) is 29.8 Å². The Balaban J connectivity index is 2.02. The number of nitrogens with zero attached hydrogens (tertiary/aromatic N) is 1. The predicted molar refractivity (Wildman–Crippen MR) is 79.7 cm³/mol. The van der Waals surface area contributed by atoms with Crippen molar-refractivity contribution in [2.45, 2.75) is 32.4 Å². The molecule has 5 heteroatoms. The molecular formula is C16H24F2N2O. The molecule has 1 fully saturated rings. The molecule has 1 unspecified atom stereocenters. The molecule has 1 aromatic carbocycles. The van der Waals surface area contributed by atoms with Crippen molar-refractivity contribution in [1.82, 2.24) is 10.2 Å². The number of hydrogen-bond donors (Lipinski definition) is 1. The molecule has 0 amide bonds. The summed E-state index contributed by atoms with van der Waals surface area (Å²) in [5.74, 6) is 0.944. The van der Waals surface area contributed by atoms with E-state index in [1.165, 1.54) is 12.8 Å². The normalized spacial score (nSPS) is 18.2. The topological polar surface area (TPSA) is 24.5 Å².